The molecule has 0 aliphatic carbocycles. The van der Waals surface area contributed by atoms with E-state index in [1.165, 1.54) is 12.1 Å². The number of rotatable bonds is 6. The molecule has 1 atom stereocenters. The van der Waals surface area contributed by atoms with E-state index in [1.54, 1.807) is 32.9 Å². The van der Waals surface area contributed by atoms with E-state index in [0.29, 0.717) is 12.1 Å². The predicted molar refractivity (Wildman–Crippen MR) is 83.4 cm³/mol. The minimum atomic E-state index is -3.53. The van der Waals surface area contributed by atoms with Crippen LogP contribution < -0.4 is 15.8 Å². The normalized spacial score (nSPS) is 14.8. The predicted octanol–water partition coefficient (Wildman–Crippen LogP) is 1.44. The molecule has 4 N–H and O–H groups in total. The number of nitrogens with one attached hydrogen (secondary N) is 2. The van der Waals surface area contributed by atoms with Crippen molar-refractivity contribution >= 4 is 21.6 Å². The number of amides is 1. The molecule has 21 heavy (non-hydrogen) atoms. The van der Waals surface area contributed by atoms with Crippen molar-refractivity contribution in [3.05, 3.63) is 24.3 Å². The Morgan fingerprint density at radius 2 is 1.81 bits per heavy atom. The lowest BCUT2D eigenvalue weighted by molar-refractivity contribution is -0.120. The van der Waals surface area contributed by atoms with Gasteiger partial charge in [-0.1, -0.05) is 6.92 Å². The molecule has 0 fully saturated rings. The number of nitrogens with two attached hydrogens (primary N) is 1. The average molecular weight is 313 g/mol. The molecule has 0 saturated heterocycles. The van der Waals surface area contributed by atoms with E-state index in [4.69, 9.17) is 5.73 Å². The molecule has 0 saturated carbocycles. The highest BCUT2D eigenvalue weighted by atomic mass is 32.2. The molecule has 1 aromatic rings. The molecule has 0 bridgehead atoms. The summed E-state index contributed by atoms with van der Waals surface area (Å²) in [5.74, 6) is -0.305. The van der Waals surface area contributed by atoms with Crippen LogP contribution in [-0.2, 0) is 14.8 Å². The van der Waals surface area contributed by atoms with Crippen molar-refractivity contribution in [2.45, 2.75) is 50.6 Å². The van der Waals surface area contributed by atoms with Gasteiger partial charge in [-0.3, -0.25) is 4.79 Å². The minimum Gasteiger partial charge on any atom is -0.325 e. The molecule has 1 aromatic carbocycles. The second-order valence-electron chi connectivity index (χ2n) is 5.53. The molecule has 0 heterocycles. The summed E-state index contributed by atoms with van der Waals surface area (Å²) in [7, 11) is -3.53. The Hall–Kier alpha value is -1.44. The van der Waals surface area contributed by atoms with Gasteiger partial charge in [-0.2, -0.15) is 0 Å². The number of carbonyl (C=O) groups excluding carboxylic acids is 1. The number of hydrogen-bond acceptors (Lipinski definition) is 4. The molecule has 118 valence electrons. The monoisotopic (exact) mass is 313 g/mol. The number of sulfonamides is 1. The van der Waals surface area contributed by atoms with Crippen LogP contribution >= 0.6 is 0 Å². The van der Waals surface area contributed by atoms with Crippen LogP contribution in [0.15, 0.2) is 29.2 Å². The van der Waals surface area contributed by atoms with E-state index in [1.807, 2.05) is 6.92 Å². The molecule has 0 radical (unpaired) electrons. The van der Waals surface area contributed by atoms with Gasteiger partial charge in [0.1, 0.15) is 0 Å². The molecule has 7 heteroatoms. The number of anilines is 1. The standard InChI is InChI=1S/C14H23N3O3S/c1-5-14(4,15)13(18)16-11-6-8-12(9-7-11)21(19,20)17-10(2)3/h6-10,17H,5,15H2,1-4H3,(H,16,18). The second-order valence-corrected chi connectivity index (χ2v) is 7.24. The van der Waals surface area contributed by atoms with Gasteiger partial charge < -0.3 is 11.1 Å². The van der Waals surface area contributed by atoms with E-state index < -0.39 is 15.6 Å². The van der Waals surface area contributed by atoms with Crippen molar-refractivity contribution in [2.75, 3.05) is 5.32 Å². The molecule has 0 aliphatic rings. The fourth-order valence-electron chi connectivity index (χ4n) is 1.53. The van der Waals surface area contributed by atoms with Crippen LogP contribution in [0.3, 0.4) is 0 Å². The number of benzene rings is 1. The second kappa shape index (κ2) is 6.55. The average Bonchev–Trinajstić information content (AvgIpc) is 2.37. The van der Waals surface area contributed by atoms with E-state index in [0.717, 1.165) is 0 Å². The fourth-order valence-corrected chi connectivity index (χ4v) is 2.78. The Bertz CT molecular complexity index is 592. The van der Waals surface area contributed by atoms with Gasteiger partial charge in [-0.25, -0.2) is 13.1 Å². The summed E-state index contributed by atoms with van der Waals surface area (Å²) in [6.45, 7) is 6.97. The molecule has 0 aliphatic heterocycles. The van der Waals surface area contributed by atoms with Crippen LogP contribution in [0, 0.1) is 0 Å². The van der Waals surface area contributed by atoms with Gasteiger partial charge in [0.25, 0.3) is 0 Å². The molecule has 1 amide bonds. The first-order chi connectivity index (χ1) is 9.58. The molecular formula is C14H23N3O3S. The van der Waals surface area contributed by atoms with E-state index in [-0.39, 0.29) is 16.8 Å². The summed E-state index contributed by atoms with van der Waals surface area (Å²) < 4.78 is 26.4. The van der Waals surface area contributed by atoms with E-state index in [2.05, 4.69) is 10.0 Å². The number of carbonyl (C=O) groups is 1. The van der Waals surface area contributed by atoms with Crippen LogP contribution in [0.1, 0.15) is 34.1 Å². The lowest BCUT2D eigenvalue weighted by Crippen LogP contribution is -2.47. The Morgan fingerprint density at radius 1 is 1.29 bits per heavy atom. The Balaban J connectivity index is 2.87. The van der Waals surface area contributed by atoms with Crippen LogP contribution in [-0.4, -0.2) is 25.9 Å². The molecule has 6 nitrogen and oxygen atoms in total. The summed E-state index contributed by atoms with van der Waals surface area (Å²) in [4.78, 5) is 12.1. The zero-order valence-corrected chi connectivity index (χ0v) is 13.6. The Morgan fingerprint density at radius 3 is 2.24 bits per heavy atom. The van der Waals surface area contributed by atoms with Gasteiger partial charge in [0.15, 0.2) is 0 Å². The highest BCUT2D eigenvalue weighted by molar-refractivity contribution is 7.89. The van der Waals surface area contributed by atoms with E-state index in [9.17, 15) is 13.2 Å². The van der Waals surface area contributed by atoms with Crippen LogP contribution in [0.5, 0.6) is 0 Å². The van der Waals surface area contributed by atoms with E-state index >= 15 is 0 Å². The van der Waals surface area contributed by atoms with Crippen LogP contribution in [0.4, 0.5) is 5.69 Å². The third-order valence-electron chi connectivity index (χ3n) is 3.07. The van der Waals surface area contributed by atoms with Crippen molar-refractivity contribution in [3.63, 3.8) is 0 Å². The van der Waals surface area contributed by atoms with Gasteiger partial charge in [-0.15, -0.1) is 0 Å². The topological polar surface area (TPSA) is 101 Å². The maximum absolute atomic E-state index is 12.0. The number of hydrogen-bond donors (Lipinski definition) is 3. The summed E-state index contributed by atoms with van der Waals surface area (Å²) in [5.41, 5.74) is 5.40. The maximum Gasteiger partial charge on any atom is 0.244 e. The lowest BCUT2D eigenvalue weighted by Gasteiger charge is -2.21. The zero-order valence-electron chi connectivity index (χ0n) is 12.8. The summed E-state index contributed by atoms with van der Waals surface area (Å²) in [5, 5.41) is 2.67. The molecular weight excluding hydrogens is 290 g/mol. The van der Waals surface area contributed by atoms with Gasteiger partial charge in [0, 0.05) is 11.7 Å². The van der Waals surface area contributed by atoms with Crippen molar-refractivity contribution in [1.82, 2.24) is 4.72 Å². The molecule has 0 aromatic heterocycles. The SMILES string of the molecule is CCC(C)(N)C(=O)Nc1ccc(S(=O)(=O)NC(C)C)cc1. The highest BCUT2D eigenvalue weighted by Crippen LogP contribution is 2.16. The molecule has 1 unspecified atom stereocenters. The van der Waals surface area contributed by atoms with Gasteiger partial charge in [0.05, 0.1) is 10.4 Å². The van der Waals surface area contributed by atoms with Gasteiger partial charge in [0.2, 0.25) is 15.9 Å². The van der Waals surface area contributed by atoms with Crippen LogP contribution in [0.25, 0.3) is 0 Å². The van der Waals surface area contributed by atoms with Crippen molar-refractivity contribution in [3.8, 4) is 0 Å². The minimum absolute atomic E-state index is 0.153. The summed E-state index contributed by atoms with van der Waals surface area (Å²) in [6, 6.07) is 5.79. The lowest BCUT2D eigenvalue weighted by atomic mass is 9.99. The quantitative estimate of drug-likeness (QED) is 0.739. The highest BCUT2D eigenvalue weighted by Gasteiger charge is 2.26. The zero-order chi connectivity index (χ0) is 16.3. The first-order valence-electron chi connectivity index (χ1n) is 6.81. The van der Waals surface area contributed by atoms with Crippen molar-refractivity contribution in [2.24, 2.45) is 5.73 Å². The maximum atomic E-state index is 12.0. The first kappa shape index (κ1) is 17.6. The Kier molecular flexibility index (Phi) is 5.49. The van der Waals surface area contributed by atoms with Gasteiger partial charge >= 0.3 is 0 Å². The summed E-state index contributed by atoms with van der Waals surface area (Å²) >= 11 is 0. The third-order valence-corrected chi connectivity index (χ3v) is 4.74. The smallest absolute Gasteiger partial charge is 0.244 e. The molecule has 1 rings (SSSR count). The fraction of sp³-hybridized carbons (Fsp3) is 0.500. The third kappa shape index (κ3) is 4.80. The summed E-state index contributed by atoms with van der Waals surface area (Å²) in [6.07, 6.45) is 0.504. The van der Waals surface area contributed by atoms with Gasteiger partial charge in [-0.05, 0) is 51.5 Å². The van der Waals surface area contributed by atoms with Crippen molar-refractivity contribution in [1.29, 1.82) is 0 Å². The van der Waals surface area contributed by atoms with Crippen LogP contribution in [0.2, 0.25) is 0 Å². The first-order valence-corrected chi connectivity index (χ1v) is 8.29. The largest absolute Gasteiger partial charge is 0.325 e. The molecule has 0 spiro atoms. The van der Waals surface area contributed by atoms with Crippen molar-refractivity contribution < 1.29 is 13.2 Å². The Labute approximate surface area is 126 Å².